The lowest BCUT2D eigenvalue weighted by Crippen LogP contribution is -2.43. The molecule has 0 radical (unpaired) electrons. The summed E-state index contributed by atoms with van der Waals surface area (Å²) in [6.45, 7) is 10.00. The number of nitrogens with one attached hydrogen (secondary N) is 1. The number of likely N-dealkylation sites (tertiary alicyclic amines) is 1. The number of ether oxygens (including phenoxy) is 1. The molecule has 5 nitrogen and oxygen atoms in total. The Morgan fingerprint density at radius 2 is 2.12 bits per heavy atom. The Kier molecular flexibility index (Phi) is 9.43. The smallest absolute Gasteiger partial charge is 0.188 e. The van der Waals surface area contributed by atoms with Crippen molar-refractivity contribution < 1.29 is 4.74 Å². The molecule has 3 N–H and O–H groups in total. The fourth-order valence-corrected chi connectivity index (χ4v) is 2.93. The first kappa shape index (κ1) is 21.0. The van der Waals surface area contributed by atoms with Crippen LogP contribution in [0.25, 0.3) is 0 Å². The number of nitrogens with two attached hydrogens (primary N) is 1. The second-order valence-electron chi connectivity index (χ2n) is 6.27. The van der Waals surface area contributed by atoms with Gasteiger partial charge in [-0.15, -0.1) is 24.0 Å². The van der Waals surface area contributed by atoms with Gasteiger partial charge < -0.3 is 15.8 Å². The zero-order chi connectivity index (χ0) is 16.7. The van der Waals surface area contributed by atoms with Gasteiger partial charge in [-0.1, -0.05) is 24.6 Å². The van der Waals surface area contributed by atoms with E-state index < -0.39 is 0 Å². The van der Waals surface area contributed by atoms with E-state index in [0.717, 1.165) is 18.8 Å². The van der Waals surface area contributed by atoms with Crippen molar-refractivity contribution in [2.24, 2.45) is 10.7 Å². The number of nitrogens with zero attached hydrogens (tertiary/aromatic N) is 2. The molecule has 2 atom stereocenters. The summed E-state index contributed by atoms with van der Waals surface area (Å²) in [5, 5.41) is 3.25. The van der Waals surface area contributed by atoms with Crippen LogP contribution in [0.15, 0.2) is 29.3 Å². The summed E-state index contributed by atoms with van der Waals surface area (Å²) in [6.07, 6.45) is 2.51. The van der Waals surface area contributed by atoms with Crippen LogP contribution in [0, 0.1) is 6.92 Å². The van der Waals surface area contributed by atoms with Crippen LogP contribution in [0.2, 0.25) is 0 Å². The van der Waals surface area contributed by atoms with Gasteiger partial charge in [-0.2, -0.15) is 0 Å². The molecule has 0 aromatic heterocycles. The van der Waals surface area contributed by atoms with Crippen molar-refractivity contribution in [3.8, 4) is 5.75 Å². The van der Waals surface area contributed by atoms with E-state index in [9.17, 15) is 0 Å². The number of rotatable bonds is 7. The van der Waals surface area contributed by atoms with Crippen LogP contribution in [-0.4, -0.2) is 49.2 Å². The highest BCUT2D eigenvalue weighted by atomic mass is 127. The molecular weight excluding hydrogens is 415 g/mol. The lowest BCUT2D eigenvalue weighted by molar-refractivity contribution is 0.230. The number of likely N-dealkylation sites (N-methyl/N-ethyl adjacent to an activating group) is 1. The van der Waals surface area contributed by atoms with E-state index in [1.807, 2.05) is 31.2 Å². The monoisotopic (exact) mass is 446 g/mol. The maximum Gasteiger partial charge on any atom is 0.188 e. The van der Waals surface area contributed by atoms with Crippen molar-refractivity contribution >= 4 is 29.9 Å². The lowest BCUT2D eigenvalue weighted by atomic mass is 10.2. The van der Waals surface area contributed by atoms with Gasteiger partial charge >= 0.3 is 0 Å². The Morgan fingerprint density at radius 1 is 1.42 bits per heavy atom. The Hall–Kier alpha value is -1.02. The molecular formula is C18H31IN4O. The topological polar surface area (TPSA) is 62.9 Å². The molecule has 2 unspecified atom stereocenters. The quantitative estimate of drug-likeness (QED) is 0.384. The summed E-state index contributed by atoms with van der Waals surface area (Å²) in [7, 11) is 0. The summed E-state index contributed by atoms with van der Waals surface area (Å²) in [5.41, 5.74) is 7.19. The summed E-state index contributed by atoms with van der Waals surface area (Å²) in [4.78, 5) is 6.88. The van der Waals surface area contributed by atoms with Crippen molar-refractivity contribution in [2.45, 2.75) is 45.8 Å². The largest absolute Gasteiger partial charge is 0.489 e. The minimum Gasteiger partial charge on any atom is -0.489 e. The van der Waals surface area contributed by atoms with Crippen LogP contribution in [-0.2, 0) is 0 Å². The van der Waals surface area contributed by atoms with Gasteiger partial charge in [0.1, 0.15) is 11.9 Å². The maximum absolute atomic E-state index is 5.97. The number of aliphatic imine (C=N–C) groups is 1. The molecule has 1 saturated heterocycles. The van der Waals surface area contributed by atoms with Gasteiger partial charge in [-0.05, 0) is 51.9 Å². The normalized spacial score (nSPS) is 19.6. The molecule has 1 aromatic carbocycles. The molecule has 0 amide bonds. The van der Waals surface area contributed by atoms with Crippen LogP contribution < -0.4 is 15.8 Å². The number of halogens is 1. The Balaban J connectivity index is 0.00000288. The highest BCUT2D eigenvalue weighted by Gasteiger charge is 2.22. The first-order chi connectivity index (χ1) is 11.1. The average molecular weight is 446 g/mol. The summed E-state index contributed by atoms with van der Waals surface area (Å²) < 4.78 is 5.83. The van der Waals surface area contributed by atoms with E-state index in [0.29, 0.717) is 18.5 Å². The summed E-state index contributed by atoms with van der Waals surface area (Å²) in [6, 6.07) is 8.63. The van der Waals surface area contributed by atoms with Crippen LogP contribution in [0.3, 0.4) is 0 Å². The molecule has 1 fully saturated rings. The fraction of sp³-hybridized carbons (Fsp3) is 0.611. The average Bonchev–Trinajstić information content (AvgIpc) is 3.00. The zero-order valence-corrected chi connectivity index (χ0v) is 17.3. The van der Waals surface area contributed by atoms with E-state index in [4.69, 9.17) is 10.5 Å². The van der Waals surface area contributed by atoms with E-state index in [-0.39, 0.29) is 30.1 Å². The lowest BCUT2D eigenvalue weighted by Gasteiger charge is -2.23. The third-order valence-corrected chi connectivity index (χ3v) is 4.30. The van der Waals surface area contributed by atoms with Crippen LogP contribution >= 0.6 is 24.0 Å². The van der Waals surface area contributed by atoms with Gasteiger partial charge in [0.05, 0.1) is 6.54 Å². The van der Waals surface area contributed by atoms with Gasteiger partial charge in [0.25, 0.3) is 0 Å². The highest BCUT2D eigenvalue weighted by Crippen LogP contribution is 2.15. The van der Waals surface area contributed by atoms with Crippen molar-refractivity contribution in [3.63, 3.8) is 0 Å². The third kappa shape index (κ3) is 6.84. The molecule has 24 heavy (non-hydrogen) atoms. The number of aryl methyl sites for hydroxylation is 1. The number of hydrogen-bond acceptors (Lipinski definition) is 3. The summed E-state index contributed by atoms with van der Waals surface area (Å²) >= 11 is 0. The second-order valence-corrected chi connectivity index (χ2v) is 6.27. The second kappa shape index (κ2) is 10.8. The highest BCUT2D eigenvalue weighted by molar-refractivity contribution is 14.0. The van der Waals surface area contributed by atoms with Gasteiger partial charge in [0.15, 0.2) is 5.96 Å². The SMILES string of the molecule is CCN1CCCC1CNC(N)=NCC(C)Oc1ccc(C)cc1.I. The van der Waals surface area contributed by atoms with Gasteiger partial charge in [-0.25, -0.2) is 4.99 Å². The molecule has 0 aliphatic carbocycles. The first-order valence-electron chi connectivity index (χ1n) is 8.59. The zero-order valence-electron chi connectivity index (χ0n) is 15.0. The fourth-order valence-electron chi connectivity index (χ4n) is 2.93. The van der Waals surface area contributed by atoms with Crippen molar-refractivity contribution in [1.29, 1.82) is 0 Å². The molecule has 1 aliphatic rings. The Bertz CT molecular complexity index is 506. The van der Waals surface area contributed by atoms with E-state index in [1.54, 1.807) is 0 Å². The van der Waals surface area contributed by atoms with Gasteiger partial charge in [0, 0.05) is 12.6 Å². The molecule has 0 spiro atoms. The van der Waals surface area contributed by atoms with Crippen molar-refractivity contribution in [3.05, 3.63) is 29.8 Å². The molecule has 1 aliphatic heterocycles. The molecule has 6 heteroatoms. The third-order valence-electron chi connectivity index (χ3n) is 4.30. The molecule has 1 heterocycles. The number of guanidine groups is 1. The van der Waals surface area contributed by atoms with Crippen LogP contribution in [0.4, 0.5) is 0 Å². The molecule has 1 aromatic rings. The molecule has 0 saturated carbocycles. The van der Waals surface area contributed by atoms with Crippen molar-refractivity contribution in [2.75, 3.05) is 26.2 Å². The summed E-state index contributed by atoms with van der Waals surface area (Å²) in [5.74, 6) is 1.38. The van der Waals surface area contributed by atoms with Crippen LogP contribution in [0.5, 0.6) is 5.75 Å². The predicted molar refractivity (Wildman–Crippen MR) is 111 cm³/mol. The standard InChI is InChI=1S/C18H30N4O.HI/c1-4-22-11-5-6-16(22)13-21-18(19)20-12-15(3)23-17-9-7-14(2)8-10-17;/h7-10,15-16H,4-6,11-13H2,1-3H3,(H3,19,20,21);1H. The van der Waals surface area contributed by atoms with Gasteiger partial charge in [-0.3, -0.25) is 4.90 Å². The minimum atomic E-state index is -0.00308. The predicted octanol–water partition coefficient (Wildman–Crippen LogP) is 2.77. The number of hydrogen-bond donors (Lipinski definition) is 2. The van der Waals surface area contributed by atoms with E-state index >= 15 is 0 Å². The van der Waals surface area contributed by atoms with E-state index in [2.05, 4.69) is 29.1 Å². The van der Waals surface area contributed by atoms with E-state index in [1.165, 1.54) is 24.9 Å². The minimum absolute atomic E-state index is 0. The molecule has 0 bridgehead atoms. The molecule has 136 valence electrons. The Morgan fingerprint density at radius 3 is 2.79 bits per heavy atom. The first-order valence-corrected chi connectivity index (χ1v) is 8.59. The Labute approximate surface area is 163 Å². The van der Waals surface area contributed by atoms with Gasteiger partial charge in [0.2, 0.25) is 0 Å². The molecule has 2 rings (SSSR count). The van der Waals surface area contributed by atoms with Crippen molar-refractivity contribution in [1.82, 2.24) is 10.2 Å². The maximum atomic E-state index is 5.97. The number of benzene rings is 1. The van der Waals surface area contributed by atoms with Crippen LogP contribution in [0.1, 0.15) is 32.3 Å².